The van der Waals surface area contributed by atoms with Crippen LogP contribution in [0.2, 0.25) is 5.02 Å². The lowest BCUT2D eigenvalue weighted by atomic mass is 9.93. The molecule has 0 radical (unpaired) electrons. The molecule has 2 atom stereocenters. The van der Waals surface area contributed by atoms with Gasteiger partial charge in [-0.15, -0.1) is 0 Å². The van der Waals surface area contributed by atoms with E-state index in [0.29, 0.717) is 5.56 Å². The maximum atomic E-state index is 13.4. The zero-order valence-corrected chi connectivity index (χ0v) is 18.9. The monoisotopic (exact) mass is 472 g/mol. The number of benzene rings is 3. The van der Waals surface area contributed by atoms with Crippen molar-refractivity contribution < 1.29 is 17.6 Å². The van der Waals surface area contributed by atoms with E-state index in [1.807, 2.05) is 54.6 Å². The number of ketones is 1. The van der Waals surface area contributed by atoms with Crippen LogP contribution in [-0.4, -0.2) is 31.6 Å². The van der Waals surface area contributed by atoms with E-state index in [9.17, 15) is 17.6 Å². The van der Waals surface area contributed by atoms with Crippen molar-refractivity contribution in [2.75, 3.05) is 7.05 Å². The first-order valence-corrected chi connectivity index (χ1v) is 11.9. The first kappa shape index (κ1) is 22.6. The van der Waals surface area contributed by atoms with E-state index in [2.05, 4.69) is 4.72 Å². The minimum Gasteiger partial charge on any atom is -0.298 e. The van der Waals surface area contributed by atoms with Crippen LogP contribution in [0.5, 0.6) is 0 Å². The second kappa shape index (κ2) is 9.11. The number of nitrogens with zero attached hydrogens (tertiary/aromatic N) is 1. The van der Waals surface area contributed by atoms with Gasteiger partial charge in [-0.2, -0.15) is 17.4 Å². The van der Waals surface area contributed by atoms with Gasteiger partial charge in [-0.1, -0.05) is 66.2 Å². The number of hydrogen-bond donors (Lipinski definition) is 1. The lowest BCUT2D eigenvalue weighted by molar-refractivity contribution is -0.122. The summed E-state index contributed by atoms with van der Waals surface area (Å²) in [7, 11) is -2.47. The molecule has 1 aliphatic heterocycles. The first-order chi connectivity index (χ1) is 15.2. The van der Waals surface area contributed by atoms with E-state index in [1.165, 1.54) is 25.2 Å². The van der Waals surface area contributed by atoms with E-state index in [1.54, 1.807) is 0 Å². The molecule has 0 amide bonds. The summed E-state index contributed by atoms with van der Waals surface area (Å²) in [5, 5.41) is -0.0720. The number of rotatable bonds is 5. The summed E-state index contributed by atoms with van der Waals surface area (Å²) < 4.78 is 42.7. The average Bonchev–Trinajstić information content (AvgIpc) is 2.78. The van der Waals surface area contributed by atoms with E-state index >= 15 is 0 Å². The molecule has 2 unspecified atom stereocenters. The van der Waals surface area contributed by atoms with Crippen molar-refractivity contribution >= 4 is 27.6 Å². The summed E-state index contributed by atoms with van der Waals surface area (Å²) in [6.07, 6.45) is 0.239. The van der Waals surface area contributed by atoms with Crippen molar-refractivity contribution in [2.45, 2.75) is 24.9 Å². The van der Waals surface area contributed by atoms with Crippen LogP contribution in [0, 0.1) is 5.82 Å². The van der Waals surface area contributed by atoms with Crippen LogP contribution in [0.3, 0.4) is 0 Å². The Kier molecular flexibility index (Phi) is 6.44. The summed E-state index contributed by atoms with van der Waals surface area (Å²) in [6.45, 7) is 0. The predicted octanol–water partition coefficient (Wildman–Crippen LogP) is 4.54. The Labute approximate surface area is 192 Å². The Morgan fingerprint density at radius 3 is 2.50 bits per heavy atom. The minimum atomic E-state index is -3.86. The molecule has 0 saturated carbocycles. The van der Waals surface area contributed by atoms with Crippen LogP contribution in [0.25, 0.3) is 11.1 Å². The fourth-order valence-electron chi connectivity index (χ4n) is 3.92. The largest absolute Gasteiger partial charge is 0.298 e. The minimum absolute atomic E-state index is 0.0404. The Morgan fingerprint density at radius 1 is 1.06 bits per heavy atom. The molecule has 5 nitrogen and oxygen atoms in total. The lowest BCUT2D eigenvalue weighted by Gasteiger charge is -2.36. The van der Waals surface area contributed by atoms with Crippen molar-refractivity contribution in [2.24, 2.45) is 0 Å². The maximum absolute atomic E-state index is 13.4. The SMILES string of the molecule is CN1C(C(=O)Cc2ccc(F)c(Cl)c2)CC(c2cccc(-c3ccccc3)c2)NS1(=O)=O. The van der Waals surface area contributed by atoms with Crippen molar-refractivity contribution in [1.82, 2.24) is 9.03 Å². The molecule has 1 N–H and O–H groups in total. The molecule has 8 heteroatoms. The highest BCUT2D eigenvalue weighted by atomic mass is 35.5. The number of carbonyl (C=O) groups excluding carboxylic acids is 1. The molecular formula is C24H22ClFN2O3S. The van der Waals surface area contributed by atoms with Gasteiger partial charge >= 0.3 is 0 Å². The van der Waals surface area contributed by atoms with Crippen molar-refractivity contribution in [1.29, 1.82) is 0 Å². The van der Waals surface area contributed by atoms with E-state index in [0.717, 1.165) is 21.0 Å². The van der Waals surface area contributed by atoms with E-state index < -0.39 is 28.1 Å². The van der Waals surface area contributed by atoms with Crippen molar-refractivity contribution in [3.63, 3.8) is 0 Å². The van der Waals surface area contributed by atoms with Crippen LogP contribution >= 0.6 is 11.6 Å². The fourth-order valence-corrected chi connectivity index (χ4v) is 5.42. The number of hydrogen-bond acceptors (Lipinski definition) is 3. The highest BCUT2D eigenvalue weighted by Gasteiger charge is 2.40. The molecule has 4 rings (SSSR count). The molecule has 1 aliphatic rings. The number of likely N-dealkylation sites (N-methyl/N-ethyl adjacent to an activating group) is 1. The van der Waals surface area contributed by atoms with Gasteiger partial charge in [0.25, 0.3) is 10.2 Å². The van der Waals surface area contributed by atoms with Crippen LogP contribution < -0.4 is 4.72 Å². The number of halogens is 2. The summed E-state index contributed by atoms with van der Waals surface area (Å²) in [4.78, 5) is 13.1. The maximum Gasteiger partial charge on any atom is 0.280 e. The van der Waals surface area contributed by atoms with Gasteiger partial charge in [0.1, 0.15) is 5.82 Å². The molecule has 3 aromatic carbocycles. The average molecular weight is 473 g/mol. The molecule has 0 bridgehead atoms. The molecule has 32 heavy (non-hydrogen) atoms. The van der Waals surface area contributed by atoms with E-state index in [4.69, 9.17) is 11.6 Å². The summed E-state index contributed by atoms with van der Waals surface area (Å²) in [5.74, 6) is -0.841. The van der Waals surface area contributed by atoms with Crippen LogP contribution in [0.4, 0.5) is 4.39 Å². The summed E-state index contributed by atoms with van der Waals surface area (Å²) in [6, 6.07) is 20.1. The molecule has 3 aromatic rings. The van der Waals surface area contributed by atoms with Gasteiger partial charge in [0.05, 0.1) is 11.1 Å². The Morgan fingerprint density at radius 2 is 1.78 bits per heavy atom. The number of Topliss-reactive ketones (excluding diaryl/α,β-unsaturated/α-hetero) is 1. The molecule has 0 aliphatic carbocycles. The third kappa shape index (κ3) is 4.76. The molecule has 1 fully saturated rings. The summed E-state index contributed by atoms with van der Waals surface area (Å²) >= 11 is 5.82. The number of nitrogens with one attached hydrogen (secondary N) is 1. The van der Waals surface area contributed by atoms with Crippen molar-refractivity contribution in [3.8, 4) is 11.1 Å². The molecular weight excluding hydrogens is 451 g/mol. The molecule has 1 heterocycles. The van der Waals surface area contributed by atoms with Gasteiger partial charge < -0.3 is 0 Å². The van der Waals surface area contributed by atoms with Gasteiger partial charge in [-0.3, -0.25) is 4.79 Å². The van der Waals surface area contributed by atoms with Gasteiger partial charge in [0.15, 0.2) is 5.78 Å². The van der Waals surface area contributed by atoms with E-state index in [-0.39, 0.29) is 23.6 Å². The van der Waals surface area contributed by atoms with Crippen LogP contribution in [-0.2, 0) is 21.4 Å². The van der Waals surface area contributed by atoms with Crippen LogP contribution in [0.15, 0.2) is 72.8 Å². The molecule has 1 saturated heterocycles. The fraction of sp³-hybridized carbons (Fsp3) is 0.208. The second-order valence-electron chi connectivity index (χ2n) is 7.83. The zero-order chi connectivity index (χ0) is 22.9. The lowest BCUT2D eigenvalue weighted by Crippen LogP contribution is -2.55. The second-order valence-corrected chi connectivity index (χ2v) is 10.00. The Hall–Kier alpha value is -2.58. The quantitative estimate of drug-likeness (QED) is 0.593. The Balaban J connectivity index is 1.60. The van der Waals surface area contributed by atoms with Crippen molar-refractivity contribution in [3.05, 3.63) is 94.8 Å². The summed E-state index contributed by atoms with van der Waals surface area (Å²) in [5.41, 5.74) is 3.30. The topological polar surface area (TPSA) is 66.5 Å². The predicted molar refractivity (Wildman–Crippen MR) is 123 cm³/mol. The highest BCUT2D eigenvalue weighted by Crippen LogP contribution is 2.31. The van der Waals surface area contributed by atoms with Gasteiger partial charge in [0, 0.05) is 19.5 Å². The van der Waals surface area contributed by atoms with Gasteiger partial charge in [0.2, 0.25) is 0 Å². The highest BCUT2D eigenvalue weighted by molar-refractivity contribution is 7.87. The van der Waals surface area contributed by atoms with Gasteiger partial charge in [-0.25, -0.2) is 4.39 Å². The zero-order valence-electron chi connectivity index (χ0n) is 17.3. The molecule has 166 valence electrons. The Bertz CT molecular complexity index is 1250. The van der Waals surface area contributed by atoms with Crippen LogP contribution in [0.1, 0.15) is 23.6 Å². The molecule has 0 spiro atoms. The van der Waals surface area contributed by atoms with Gasteiger partial charge in [-0.05, 0) is 46.9 Å². The number of carbonyl (C=O) groups is 1. The third-order valence-corrected chi connectivity index (χ3v) is 7.58. The first-order valence-electron chi connectivity index (χ1n) is 10.1. The molecule has 0 aromatic heterocycles. The normalized spacial score (nSPS) is 20.7. The third-order valence-electron chi connectivity index (χ3n) is 5.70. The standard InChI is InChI=1S/C24H22ClFN2O3S/c1-28-23(24(29)13-16-10-11-21(26)20(25)12-16)15-22(27-32(28,30)31)19-9-5-8-18(14-19)17-6-3-2-4-7-17/h2-12,14,22-23,27H,13,15H2,1H3. The smallest absolute Gasteiger partial charge is 0.280 e.